The normalized spacial score (nSPS) is 12.5. The van der Waals surface area contributed by atoms with Crippen molar-refractivity contribution in [2.24, 2.45) is 0 Å². The molecule has 0 amide bonds. The zero-order chi connectivity index (χ0) is 22.7. The van der Waals surface area contributed by atoms with Gasteiger partial charge in [-0.05, 0) is 47.9 Å². The second-order valence-electron chi connectivity index (χ2n) is 7.65. The number of aliphatic hydroxyl groups is 1. The Labute approximate surface area is 188 Å². The first-order valence-electron chi connectivity index (χ1n) is 10.3. The predicted molar refractivity (Wildman–Crippen MR) is 126 cm³/mol. The van der Waals surface area contributed by atoms with Gasteiger partial charge in [-0.15, -0.1) is 0 Å². The molecule has 0 spiro atoms. The molecule has 32 heavy (non-hydrogen) atoms. The summed E-state index contributed by atoms with van der Waals surface area (Å²) in [6, 6.07) is 23.8. The molecule has 0 saturated carbocycles. The highest BCUT2D eigenvalue weighted by atomic mass is 32.2. The summed E-state index contributed by atoms with van der Waals surface area (Å²) in [4.78, 5) is 0.217. The zero-order valence-electron chi connectivity index (χ0n) is 18.0. The van der Waals surface area contributed by atoms with E-state index in [-0.39, 0.29) is 11.5 Å². The van der Waals surface area contributed by atoms with Crippen molar-refractivity contribution in [3.8, 4) is 16.9 Å². The van der Waals surface area contributed by atoms with Crippen LogP contribution in [0.25, 0.3) is 11.1 Å². The lowest BCUT2D eigenvalue weighted by Crippen LogP contribution is -2.11. The van der Waals surface area contributed by atoms with E-state index in [9.17, 15) is 13.5 Å². The van der Waals surface area contributed by atoms with Crippen LogP contribution < -0.4 is 4.74 Å². The minimum Gasteiger partial charge on any atom is -0.497 e. The Morgan fingerprint density at radius 1 is 0.906 bits per heavy atom. The Bertz CT molecular complexity index is 1290. The van der Waals surface area contributed by atoms with Crippen molar-refractivity contribution in [3.05, 3.63) is 108 Å². The first-order chi connectivity index (χ1) is 15.4. The van der Waals surface area contributed by atoms with Gasteiger partial charge >= 0.3 is 0 Å². The molecule has 4 aromatic rings. The van der Waals surface area contributed by atoms with Crippen LogP contribution in [0.15, 0.2) is 96.2 Å². The molecule has 4 rings (SSSR count). The van der Waals surface area contributed by atoms with Crippen LogP contribution in [0.4, 0.5) is 0 Å². The van der Waals surface area contributed by atoms with Gasteiger partial charge in [-0.2, -0.15) is 0 Å². The summed E-state index contributed by atoms with van der Waals surface area (Å²) in [6.45, 7) is 1.75. The fourth-order valence-electron chi connectivity index (χ4n) is 3.77. The average molecular weight is 448 g/mol. The molecule has 1 heterocycles. The largest absolute Gasteiger partial charge is 0.497 e. The smallest absolute Gasteiger partial charge is 0.267 e. The Balaban J connectivity index is 1.87. The summed E-state index contributed by atoms with van der Waals surface area (Å²) in [5, 5.41) is 10.3. The van der Waals surface area contributed by atoms with Crippen molar-refractivity contribution >= 4 is 10.0 Å². The van der Waals surface area contributed by atoms with E-state index in [1.165, 1.54) is 3.97 Å². The molecule has 0 aliphatic carbocycles. The number of benzene rings is 3. The number of aryl methyl sites for hydroxylation is 1. The van der Waals surface area contributed by atoms with Crippen LogP contribution in [0.3, 0.4) is 0 Å². The van der Waals surface area contributed by atoms with Crippen LogP contribution in [0.2, 0.25) is 0 Å². The summed E-state index contributed by atoms with van der Waals surface area (Å²) in [7, 11) is -2.19. The molecule has 164 valence electrons. The summed E-state index contributed by atoms with van der Waals surface area (Å²) in [5.74, 6) is 0.318. The van der Waals surface area contributed by atoms with E-state index in [2.05, 4.69) is 0 Å². The molecule has 1 aromatic heterocycles. The molecule has 0 fully saturated rings. The molecule has 6 heteroatoms. The molecule has 0 aliphatic heterocycles. The molecular formula is C26H25NO4S. The molecule has 0 bridgehead atoms. The quantitative estimate of drug-likeness (QED) is 0.440. The predicted octanol–water partition coefficient (Wildman–Crippen LogP) is 4.83. The van der Waals surface area contributed by atoms with E-state index < -0.39 is 15.9 Å². The first kappa shape index (κ1) is 21.9. The van der Waals surface area contributed by atoms with Gasteiger partial charge in [0.1, 0.15) is 5.75 Å². The van der Waals surface area contributed by atoms with Gasteiger partial charge in [0.15, 0.2) is 0 Å². The Kier molecular flexibility index (Phi) is 6.17. The molecule has 0 saturated heterocycles. The van der Waals surface area contributed by atoms with Crippen LogP contribution in [-0.2, 0) is 10.0 Å². The summed E-state index contributed by atoms with van der Waals surface area (Å²) >= 11 is 0. The Morgan fingerprint density at radius 2 is 1.56 bits per heavy atom. The van der Waals surface area contributed by atoms with Gasteiger partial charge in [-0.1, -0.05) is 60.2 Å². The molecule has 1 atom stereocenters. The van der Waals surface area contributed by atoms with E-state index in [4.69, 9.17) is 4.74 Å². The van der Waals surface area contributed by atoms with Crippen LogP contribution in [-0.4, -0.2) is 31.2 Å². The van der Waals surface area contributed by atoms with Crippen LogP contribution in [0.5, 0.6) is 5.75 Å². The minimum absolute atomic E-state index is 0.166. The van der Waals surface area contributed by atoms with Gasteiger partial charge in [0, 0.05) is 23.9 Å². The second-order valence-corrected chi connectivity index (χ2v) is 9.49. The lowest BCUT2D eigenvalue weighted by atomic mass is 9.89. The highest BCUT2D eigenvalue weighted by Gasteiger charge is 2.25. The average Bonchev–Trinajstić information content (AvgIpc) is 3.27. The van der Waals surface area contributed by atoms with E-state index in [0.717, 1.165) is 27.8 Å². The van der Waals surface area contributed by atoms with Gasteiger partial charge < -0.3 is 9.84 Å². The topological polar surface area (TPSA) is 68.5 Å². The highest BCUT2D eigenvalue weighted by Crippen LogP contribution is 2.36. The van der Waals surface area contributed by atoms with Crippen molar-refractivity contribution in [2.45, 2.75) is 17.7 Å². The molecule has 0 radical (unpaired) electrons. The summed E-state index contributed by atoms with van der Waals surface area (Å²) in [6.07, 6.45) is 3.24. The van der Waals surface area contributed by atoms with Gasteiger partial charge in [-0.3, -0.25) is 0 Å². The maximum atomic E-state index is 13.4. The zero-order valence-corrected chi connectivity index (χ0v) is 18.8. The minimum atomic E-state index is -3.78. The third-order valence-corrected chi connectivity index (χ3v) is 7.22. The van der Waals surface area contributed by atoms with E-state index in [1.54, 1.807) is 43.8 Å². The second kappa shape index (κ2) is 9.02. The monoisotopic (exact) mass is 447 g/mol. The van der Waals surface area contributed by atoms with E-state index in [1.807, 2.05) is 61.5 Å². The third-order valence-electron chi connectivity index (χ3n) is 5.59. The van der Waals surface area contributed by atoms with Crippen LogP contribution in [0, 0.1) is 6.92 Å². The summed E-state index contributed by atoms with van der Waals surface area (Å²) < 4.78 is 33.2. The van der Waals surface area contributed by atoms with E-state index >= 15 is 0 Å². The first-order valence-corrected chi connectivity index (χ1v) is 11.7. The molecule has 1 unspecified atom stereocenters. The highest BCUT2D eigenvalue weighted by molar-refractivity contribution is 7.90. The molecule has 1 N–H and O–H groups in total. The number of rotatable bonds is 7. The van der Waals surface area contributed by atoms with Crippen molar-refractivity contribution in [1.29, 1.82) is 0 Å². The van der Waals surface area contributed by atoms with Gasteiger partial charge in [0.05, 0.1) is 18.6 Å². The van der Waals surface area contributed by atoms with Crippen molar-refractivity contribution in [2.75, 3.05) is 13.7 Å². The fraction of sp³-hybridized carbons (Fsp3) is 0.154. The van der Waals surface area contributed by atoms with Crippen LogP contribution in [0.1, 0.15) is 22.6 Å². The molecule has 0 aliphatic rings. The van der Waals surface area contributed by atoms with Gasteiger partial charge in [0.25, 0.3) is 10.0 Å². The molecule has 3 aromatic carbocycles. The van der Waals surface area contributed by atoms with Crippen molar-refractivity contribution in [1.82, 2.24) is 3.97 Å². The van der Waals surface area contributed by atoms with Crippen LogP contribution >= 0.6 is 0 Å². The lowest BCUT2D eigenvalue weighted by molar-refractivity contribution is 0.280. The molecule has 5 nitrogen and oxygen atoms in total. The third kappa shape index (κ3) is 4.20. The number of ether oxygens (including phenoxy) is 1. The van der Waals surface area contributed by atoms with Crippen molar-refractivity contribution in [3.63, 3.8) is 0 Å². The standard InChI is InChI=1S/C26H25NO4S/c1-19-8-14-23(15-9-19)32(29,30)27-16-24(20-6-4-3-5-7-20)25(17-27)26(18-28)21-10-12-22(31-2)13-11-21/h3-17,26,28H,18H2,1-2H3. The number of hydrogen-bond donors (Lipinski definition) is 1. The SMILES string of the molecule is COc1ccc(C(CO)c2cn(S(=O)(=O)c3ccc(C)cc3)cc2-c2ccccc2)cc1. The summed E-state index contributed by atoms with van der Waals surface area (Å²) in [5.41, 5.74) is 4.24. The van der Waals surface area contributed by atoms with Gasteiger partial charge in [0.2, 0.25) is 0 Å². The fourth-order valence-corrected chi connectivity index (χ4v) is 4.99. The number of hydrogen-bond acceptors (Lipinski definition) is 4. The number of aliphatic hydroxyl groups excluding tert-OH is 1. The molecular weight excluding hydrogens is 422 g/mol. The number of nitrogens with zero attached hydrogens (tertiary/aromatic N) is 1. The maximum absolute atomic E-state index is 13.4. The maximum Gasteiger partial charge on any atom is 0.267 e. The number of aromatic nitrogens is 1. The Morgan fingerprint density at radius 3 is 2.16 bits per heavy atom. The number of methoxy groups -OCH3 is 1. The van der Waals surface area contributed by atoms with E-state index in [0.29, 0.717) is 5.75 Å². The van der Waals surface area contributed by atoms with Crippen molar-refractivity contribution < 1.29 is 18.3 Å². The Hall–Kier alpha value is -3.35. The van der Waals surface area contributed by atoms with Gasteiger partial charge in [-0.25, -0.2) is 12.4 Å². The lowest BCUT2D eigenvalue weighted by Gasteiger charge is -2.16.